The van der Waals surface area contributed by atoms with Crippen LogP contribution in [0.5, 0.6) is 0 Å². The van der Waals surface area contributed by atoms with E-state index in [1.54, 1.807) is 0 Å². The molecule has 0 aromatic rings. The van der Waals surface area contributed by atoms with E-state index < -0.39 is 28.0 Å². The van der Waals surface area contributed by atoms with Crippen molar-refractivity contribution in [3.63, 3.8) is 0 Å². The molecule has 0 radical (unpaired) electrons. The van der Waals surface area contributed by atoms with E-state index in [0.29, 0.717) is 152 Å². The molecule has 9 atom stereocenters. The van der Waals surface area contributed by atoms with Gasteiger partial charge in [-0.25, -0.2) is 0 Å². The first-order valence-electron chi connectivity index (χ1n) is 58.3. The molecule has 4 spiro atoms. The molecule has 9 unspecified atom stereocenters. The molecule has 0 aromatic heterocycles. The number of ketones is 1. The van der Waals surface area contributed by atoms with Crippen molar-refractivity contribution in [1.29, 1.82) is 0 Å². The van der Waals surface area contributed by atoms with Crippen molar-refractivity contribution < 1.29 is 95.5 Å². The monoisotopic (exact) mass is 1890 g/mol. The lowest BCUT2D eigenvalue weighted by Crippen LogP contribution is -2.59. The Morgan fingerprint density at radius 3 is 0.706 bits per heavy atom. The summed E-state index contributed by atoms with van der Waals surface area (Å²) in [6, 6.07) is 0. The highest BCUT2D eigenvalue weighted by atomic mass is 16.8. The SMILES string of the molecule is CC.CC.CC.CC.O=C(OCC1COC2(O1)C1CC3CC(C1)CC2C3)C12CC3CC(CC(C3)C1)C2.O=C(OCC1COC2(O1)C1CC3CC(C1)CC2C3)C12CC3CC(CC(O)(C3)C1)C2.O=C(OCC1OC2(OC1COC(=O)C13CC4CC(CC(C4)C1)C3)C1CC3CC(C1)CC2C3)C12CC3CC(CC(C3)C1)C2.O=C1C2CC3CC1CC(C(=O)OCC1COC4(O1)C1CC5CC(C1)CC4C5)(C3)C2. The fraction of sp³-hybridized carbons (Fsp3) is 0.948. The molecule has 36 bridgehead atoms. The minimum absolute atomic E-state index is 0.0144. The molecule has 136 heavy (non-hydrogen) atoms. The van der Waals surface area contributed by atoms with Gasteiger partial charge in [0.2, 0.25) is 0 Å². The second-order valence-corrected chi connectivity index (χ2v) is 53.6. The van der Waals surface area contributed by atoms with Gasteiger partial charge in [0, 0.05) is 59.2 Å². The van der Waals surface area contributed by atoms with Crippen LogP contribution in [-0.2, 0) is 90.3 Å². The van der Waals surface area contributed by atoms with Crippen molar-refractivity contribution in [3.05, 3.63) is 0 Å². The van der Waals surface area contributed by atoms with Gasteiger partial charge in [0.25, 0.3) is 0 Å². The van der Waals surface area contributed by atoms with Gasteiger partial charge in [-0.3, -0.25) is 28.8 Å². The van der Waals surface area contributed by atoms with E-state index in [9.17, 15) is 33.9 Å². The smallest absolute Gasteiger partial charge is 0.312 e. The van der Waals surface area contributed by atoms with E-state index in [-0.39, 0.29) is 113 Å². The maximum absolute atomic E-state index is 13.8. The van der Waals surface area contributed by atoms with E-state index in [0.717, 1.165) is 181 Å². The predicted molar refractivity (Wildman–Crippen MR) is 506 cm³/mol. The Kier molecular flexibility index (Phi) is 25.2. The molecule has 1 N–H and O–H groups in total. The third-order valence-electron chi connectivity index (χ3n) is 45.0. The topological polar surface area (TPSA) is 243 Å². The Labute approximate surface area is 813 Å². The van der Waals surface area contributed by atoms with Crippen LogP contribution in [0.15, 0.2) is 0 Å². The third kappa shape index (κ3) is 16.2. The first kappa shape index (κ1) is 94.9. The van der Waals surface area contributed by atoms with Crippen LogP contribution in [0.1, 0.15) is 370 Å². The molecule has 0 amide bonds. The Hall–Kier alpha value is -3.34. The zero-order valence-corrected chi connectivity index (χ0v) is 84.7. The molecule has 40 aliphatic rings. The number of carbonyl (C=O) groups is 6. The van der Waals surface area contributed by atoms with Crippen LogP contribution < -0.4 is 0 Å². The highest BCUT2D eigenvalue weighted by Gasteiger charge is 2.71. The van der Waals surface area contributed by atoms with E-state index in [1.807, 2.05) is 55.4 Å². The Morgan fingerprint density at radius 2 is 0.449 bits per heavy atom. The molecule has 20 nitrogen and oxygen atoms in total. The van der Waals surface area contributed by atoms with Gasteiger partial charge in [-0.15, -0.1) is 0 Å². The van der Waals surface area contributed by atoms with Crippen molar-refractivity contribution in [2.24, 2.45) is 205 Å². The van der Waals surface area contributed by atoms with Gasteiger partial charge in [0.05, 0.1) is 52.5 Å². The fourth-order valence-corrected chi connectivity index (χ4v) is 43.0. The zero-order valence-electron chi connectivity index (χ0n) is 84.7. The van der Waals surface area contributed by atoms with Crippen LogP contribution >= 0.6 is 0 Å². The van der Waals surface area contributed by atoms with Crippen LogP contribution in [0.3, 0.4) is 0 Å². The molecule has 36 aliphatic carbocycles. The number of hydrogen-bond acceptors (Lipinski definition) is 20. The summed E-state index contributed by atoms with van der Waals surface area (Å²) in [5.41, 5.74) is -2.16. The van der Waals surface area contributed by atoms with Gasteiger partial charge >= 0.3 is 29.8 Å². The van der Waals surface area contributed by atoms with Crippen LogP contribution in [-0.4, -0.2) is 153 Å². The van der Waals surface area contributed by atoms with Crippen molar-refractivity contribution in [1.82, 2.24) is 0 Å². The summed E-state index contributed by atoms with van der Waals surface area (Å²) in [5, 5.41) is 10.9. The number of Topliss-reactive ketones (excluding diaryl/α,β-unsaturated/α-hetero) is 1. The molecule has 0 aromatic carbocycles. The second kappa shape index (κ2) is 36.1. The molecule has 4 heterocycles. The van der Waals surface area contributed by atoms with Crippen molar-refractivity contribution >= 4 is 35.6 Å². The summed E-state index contributed by atoms with van der Waals surface area (Å²) in [6.07, 6.45) is 55.5. The quantitative estimate of drug-likeness (QED) is 0.118. The fourth-order valence-electron chi connectivity index (χ4n) is 43.0. The number of esters is 5. The number of aliphatic hydroxyl groups is 1. The average Bonchev–Trinajstić information content (AvgIpc) is 1.56. The van der Waals surface area contributed by atoms with Gasteiger partial charge in [0.1, 0.15) is 69.3 Å². The maximum Gasteiger partial charge on any atom is 0.312 e. The van der Waals surface area contributed by atoms with Crippen molar-refractivity contribution in [2.45, 2.75) is 429 Å². The van der Waals surface area contributed by atoms with Crippen molar-refractivity contribution in [3.8, 4) is 0 Å². The van der Waals surface area contributed by atoms with Crippen LogP contribution in [0, 0.1) is 205 Å². The van der Waals surface area contributed by atoms with E-state index >= 15 is 0 Å². The number of hydrogen-bond donors (Lipinski definition) is 1. The molecular weight excluding hydrogens is 1710 g/mol. The highest BCUT2D eigenvalue weighted by molar-refractivity contribution is 5.90. The first-order chi connectivity index (χ1) is 65.9. The molecule has 40 fully saturated rings. The highest BCUT2D eigenvalue weighted by Crippen LogP contribution is 2.71. The predicted octanol–water partition coefficient (Wildman–Crippen LogP) is 21.8. The van der Waals surface area contributed by atoms with Crippen LogP contribution in [0.4, 0.5) is 0 Å². The Balaban J connectivity index is 0.0000000980. The summed E-state index contributed by atoms with van der Waals surface area (Å²) in [5.74, 6) is 18.1. The van der Waals surface area contributed by atoms with E-state index in [4.69, 9.17) is 61.6 Å². The summed E-state index contributed by atoms with van der Waals surface area (Å²) in [6.45, 7) is 19.2. The molecule has 20 heteroatoms. The van der Waals surface area contributed by atoms with Crippen LogP contribution in [0.2, 0.25) is 0 Å². The lowest BCUT2D eigenvalue weighted by atomic mass is 9.48. The molecule has 36 saturated carbocycles. The summed E-state index contributed by atoms with van der Waals surface area (Å²) in [7, 11) is 0. The lowest BCUT2D eigenvalue weighted by Gasteiger charge is -2.58. The zero-order chi connectivity index (χ0) is 93.2. The number of rotatable bonds is 15. The summed E-state index contributed by atoms with van der Waals surface area (Å²) < 4.78 is 83.1. The standard InChI is InChI=1S/C36H50O6.C24H34O5.C24H32O5.C24H34O4.4C2H6/c37-32(34-12-22-2-23(13-34)4-24(3-22)14-34)39-18-30-31(42-36(41-30)28-8-20-1-21(10-28)11-29(36)9-20)19-40-33(38)35-15-25-5-26(16-35)7-27(6-25)17-35;25-21(22-7-16-2-17(8-22)10-23(26,9-16)13-22)27-11-20-12-28-24(29-20)18-3-14-1-15(5-18)6-19(24)4-14;25-21-16-2-15-3-17(21)10-23(8-15,9-16)22(26)27-11-20-12-28-24(29-20)18-4-13-1-14(6-18)7-19(24)5-13;25-22(23-9-16-2-17(10-23)4-18(3-16)11-23)26-12-21-13-27-24(28-21)19-5-14-1-15(7-19)8-20(24)6-14;4*1-2/h20-31H,1-19H2;14-20,26H,1-13H2;13-20H,1-12H2;14-21H,1-13H2;4*1-2H3. The average molecular weight is 1890 g/mol. The van der Waals surface area contributed by atoms with Gasteiger partial charge in [-0.05, 0) is 433 Å². The van der Waals surface area contributed by atoms with Crippen molar-refractivity contribution in [2.75, 3.05) is 52.9 Å². The summed E-state index contributed by atoms with van der Waals surface area (Å²) in [4.78, 5) is 79.5. The van der Waals surface area contributed by atoms with Gasteiger partial charge in [-0.1, -0.05) is 55.4 Å². The molecule has 4 saturated heterocycles. The van der Waals surface area contributed by atoms with E-state index in [2.05, 4.69) is 0 Å². The second-order valence-electron chi connectivity index (χ2n) is 53.6. The molecule has 4 aliphatic heterocycles. The normalized spacial score (nSPS) is 54.4. The largest absolute Gasteiger partial charge is 0.462 e. The maximum atomic E-state index is 13.8. The number of carbonyl (C=O) groups excluding carboxylic acids is 6. The molecule has 758 valence electrons. The van der Waals surface area contributed by atoms with Crippen LogP contribution in [0.25, 0.3) is 0 Å². The Morgan fingerprint density at radius 1 is 0.243 bits per heavy atom. The molecule has 40 rings (SSSR count). The number of ether oxygens (including phenoxy) is 13. The lowest BCUT2D eigenvalue weighted by molar-refractivity contribution is -0.301. The van der Waals surface area contributed by atoms with E-state index in [1.165, 1.54) is 193 Å². The Bertz CT molecular complexity index is 4080. The minimum atomic E-state index is -0.624. The molecular formula is C116H174O20. The minimum Gasteiger partial charge on any atom is -0.462 e. The van der Waals surface area contributed by atoms with Gasteiger partial charge in [0.15, 0.2) is 23.1 Å². The van der Waals surface area contributed by atoms with Gasteiger partial charge < -0.3 is 66.7 Å². The first-order valence-corrected chi connectivity index (χ1v) is 58.3. The summed E-state index contributed by atoms with van der Waals surface area (Å²) >= 11 is 0. The third-order valence-corrected chi connectivity index (χ3v) is 45.0. The van der Waals surface area contributed by atoms with Gasteiger partial charge in [-0.2, -0.15) is 0 Å².